The van der Waals surface area contributed by atoms with Gasteiger partial charge in [0, 0.05) is 20.1 Å². The Bertz CT molecular complexity index is 780. The van der Waals surface area contributed by atoms with E-state index >= 15 is 0 Å². The maximum Gasteiger partial charge on any atom is 0.332 e. The smallest absolute Gasteiger partial charge is 0.332 e. The Morgan fingerprint density at radius 1 is 1.32 bits per heavy atom. The second-order valence-electron chi connectivity index (χ2n) is 5.88. The first kappa shape index (κ1) is 12.0. The molecule has 7 heteroatoms. The van der Waals surface area contributed by atoms with Gasteiger partial charge in [-0.25, -0.2) is 4.79 Å². The van der Waals surface area contributed by atoms with Gasteiger partial charge in [-0.3, -0.25) is 13.9 Å². The summed E-state index contributed by atoms with van der Waals surface area (Å²) in [4.78, 5) is 31.1. The molecule has 1 unspecified atom stereocenters. The number of fused-ring (bicyclic) bond motifs is 1. The van der Waals surface area contributed by atoms with Gasteiger partial charge in [0.15, 0.2) is 11.2 Å². The summed E-state index contributed by atoms with van der Waals surface area (Å²) in [6.45, 7) is 4.34. The number of rotatable bonds is 2. The maximum absolute atomic E-state index is 12.0. The van der Waals surface area contributed by atoms with Crippen molar-refractivity contribution in [3.05, 3.63) is 20.8 Å². The summed E-state index contributed by atoms with van der Waals surface area (Å²) in [5, 5.41) is 3.26. The Kier molecular flexibility index (Phi) is 2.21. The van der Waals surface area contributed by atoms with Crippen molar-refractivity contribution in [3.8, 4) is 0 Å². The molecule has 0 aromatic carbocycles. The van der Waals surface area contributed by atoms with Crippen molar-refractivity contribution in [2.24, 2.45) is 19.5 Å². The van der Waals surface area contributed by atoms with Gasteiger partial charge >= 0.3 is 5.69 Å². The molecule has 1 fully saturated rings. The van der Waals surface area contributed by atoms with Gasteiger partial charge in [0.2, 0.25) is 5.95 Å². The molecule has 2 aromatic heterocycles. The average molecular weight is 263 g/mol. The third-order valence-corrected chi connectivity index (χ3v) is 3.92. The fourth-order valence-corrected chi connectivity index (χ4v) is 2.27. The van der Waals surface area contributed by atoms with Crippen LogP contribution in [-0.2, 0) is 14.1 Å². The second kappa shape index (κ2) is 3.49. The van der Waals surface area contributed by atoms with Gasteiger partial charge in [-0.2, -0.15) is 4.98 Å². The molecule has 0 saturated heterocycles. The van der Waals surface area contributed by atoms with E-state index in [1.165, 1.54) is 11.6 Å². The molecular weight excluding hydrogens is 246 g/mol. The number of H-pyrrole nitrogens is 1. The van der Waals surface area contributed by atoms with Crippen LogP contribution in [0.3, 0.4) is 0 Å². The fourth-order valence-electron chi connectivity index (χ4n) is 2.27. The third kappa shape index (κ3) is 1.68. The molecule has 1 aliphatic rings. The van der Waals surface area contributed by atoms with E-state index in [1.807, 2.05) is 0 Å². The highest BCUT2D eigenvalue weighted by Crippen LogP contribution is 2.46. The van der Waals surface area contributed by atoms with E-state index in [-0.39, 0.29) is 16.7 Å². The molecule has 3 rings (SSSR count). The van der Waals surface area contributed by atoms with Crippen LogP contribution in [0.15, 0.2) is 9.59 Å². The van der Waals surface area contributed by atoms with Crippen LogP contribution in [0, 0.1) is 5.41 Å². The molecular formula is C12H17N5O2. The van der Waals surface area contributed by atoms with Crippen molar-refractivity contribution in [1.29, 1.82) is 0 Å². The number of anilines is 1. The standard InChI is InChI=1S/C12H17N5O2/c1-12(2)5-6(12)13-10-14-7-8(15-10)16(3)11(19)17(4)9(7)18/h6H,5H2,1-4H3,(H2,13,14,15). The molecule has 0 radical (unpaired) electrons. The summed E-state index contributed by atoms with van der Waals surface area (Å²) in [5.41, 5.74) is 0.270. The molecule has 0 spiro atoms. The Morgan fingerprint density at radius 2 is 1.95 bits per heavy atom. The van der Waals surface area contributed by atoms with Crippen molar-refractivity contribution in [3.63, 3.8) is 0 Å². The number of hydrogen-bond acceptors (Lipinski definition) is 4. The second-order valence-corrected chi connectivity index (χ2v) is 5.88. The van der Waals surface area contributed by atoms with Crippen LogP contribution < -0.4 is 16.6 Å². The SMILES string of the molecule is Cn1c(=O)c2[nH]c(NC3CC3(C)C)nc2n(C)c1=O. The number of aryl methyl sites for hydroxylation is 1. The summed E-state index contributed by atoms with van der Waals surface area (Å²) >= 11 is 0. The zero-order valence-corrected chi connectivity index (χ0v) is 11.4. The normalized spacial score (nSPS) is 20.7. The predicted octanol–water partition coefficient (Wildman–Crippen LogP) is 0.171. The summed E-state index contributed by atoms with van der Waals surface area (Å²) in [7, 11) is 3.07. The van der Waals surface area contributed by atoms with Gasteiger partial charge in [-0.15, -0.1) is 0 Å². The molecule has 1 atom stereocenters. The molecule has 2 aromatic rings. The van der Waals surface area contributed by atoms with E-state index in [1.54, 1.807) is 7.05 Å². The highest BCUT2D eigenvalue weighted by Gasteiger charge is 2.46. The number of nitrogens with zero attached hydrogens (tertiary/aromatic N) is 3. The summed E-state index contributed by atoms with van der Waals surface area (Å²) in [6.07, 6.45) is 1.07. The lowest BCUT2D eigenvalue weighted by Crippen LogP contribution is -2.36. The highest BCUT2D eigenvalue weighted by molar-refractivity contribution is 5.72. The van der Waals surface area contributed by atoms with Gasteiger partial charge in [0.25, 0.3) is 5.56 Å². The number of aromatic nitrogens is 4. The number of nitrogens with one attached hydrogen (secondary N) is 2. The Hall–Kier alpha value is -2.05. The molecule has 1 saturated carbocycles. The number of hydrogen-bond donors (Lipinski definition) is 2. The first-order valence-corrected chi connectivity index (χ1v) is 6.23. The monoisotopic (exact) mass is 263 g/mol. The molecule has 7 nitrogen and oxygen atoms in total. The molecule has 1 aliphatic carbocycles. The molecule has 0 bridgehead atoms. The minimum atomic E-state index is -0.373. The third-order valence-electron chi connectivity index (χ3n) is 3.92. The van der Waals surface area contributed by atoms with E-state index in [2.05, 4.69) is 29.1 Å². The number of aromatic amines is 1. The number of imidazole rings is 1. The minimum Gasteiger partial charge on any atom is -0.352 e. The predicted molar refractivity (Wildman–Crippen MR) is 72.4 cm³/mol. The van der Waals surface area contributed by atoms with Gasteiger partial charge < -0.3 is 10.3 Å². The van der Waals surface area contributed by atoms with E-state index in [0.717, 1.165) is 11.0 Å². The van der Waals surface area contributed by atoms with E-state index in [9.17, 15) is 9.59 Å². The Labute approximate surface area is 109 Å². The summed E-state index contributed by atoms with van der Waals surface area (Å²) < 4.78 is 2.45. The maximum atomic E-state index is 12.0. The van der Waals surface area contributed by atoms with Crippen LogP contribution >= 0.6 is 0 Å². The first-order chi connectivity index (χ1) is 8.81. The lowest BCUT2D eigenvalue weighted by atomic mass is 10.2. The van der Waals surface area contributed by atoms with Crippen LogP contribution in [-0.4, -0.2) is 25.1 Å². The first-order valence-electron chi connectivity index (χ1n) is 6.23. The lowest BCUT2D eigenvalue weighted by molar-refractivity contribution is 0.629. The van der Waals surface area contributed by atoms with Crippen LogP contribution in [0.1, 0.15) is 20.3 Å². The average Bonchev–Trinajstić information content (AvgIpc) is 2.76. The van der Waals surface area contributed by atoms with E-state index in [0.29, 0.717) is 23.2 Å². The van der Waals surface area contributed by atoms with Gasteiger partial charge in [-0.05, 0) is 11.8 Å². The van der Waals surface area contributed by atoms with E-state index < -0.39 is 0 Å². The fraction of sp³-hybridized carbons (Fsp3) is 0.583. The molecule has 19 heavy (non-hydrogen) atoms. The van der Waals surface area contributed by atoms with Gasteiger partial charge in [0.05, 0.1) is 0 Å². The molecule has 2 heterocycles. The van der Waals surface area contributed by atoms with Crippen molar-refractivity contribution in [2.45, 2.75) is 26.3 Å². The van der Waals surface area contributed by atoms with Crippen LogP contribution in [0.4, 0.5) is 5.95 Å². The van der Waals surface area contributed by atoms with Crippen molar-refractivity contribution < 1.29 is 0 Å². The molecule has 102 valence electrons. The van der Waals surface area contributed by atoms with Crippen LogP contribution in [0.2, 0.25) is 0 Å². The van der Waals surface area contributed by atoms with Gasteiger partial charge in [0.1, 0.15) is 0 Å². The minimum absolute atomic E-state index is 0.260. The van der Waals surface area contributed by atoms with Crippen molar-refractivity contribution in [1.82, 2.24) is 19.1 Å². The zero-order valence-electron chi connectivity index (χ0n) is 11.4. The molecule has 0 amide bonds. The van der Waals surface area contributed by atoms with E-state index in [4.69, 9.17) is 0 Å². The molecule has 0 aliphatic heterocycles. The zero-order chi connectivity index (χ0) is 13.9. The Morgan fingerprint density at radius 3 is 2.53 bits per heavy atom. The quantitative estimate of drug-likeness (QED) is 0.809. The van der Waals surface area contributed by atoms with Gasteiger partial charge in [-0.1, -0.05) is 13.8 Å². The molecule has 2 N–H and O–H groups in total. The summed E-state index contributed by atoms with van der Waals surface area (Å²) in [6, 6.07) is 0.356. The van der Waals surface area contributed by atoms with Crippen molar-refractivity contribution in [2.75, 3.05) is 5.32 Å². The topological polar surface area (TPSA) is 84.7 Å². The summed E-state index contributed by atoms with van der Waals surface area (Å²) in [5.74, 6) is 0.545. The van der Waals surface area contributed by atoms with Crippen LogP contribution in [0.25, 0.3) is 11.2 Å². The Balaban J connectivity index is 2.11. The van der Waals surface area contributed by atoms with Crippen LogP contribution in [0.5, 0.6) is 0 Å². The lowest BCUT2D eigenvalue weighted by Gasteiger charge is -2.03. The van der Waals surface area contributed by atoms with Crippen molar-refractivity contribution >= 4 is 17.1 Å². The largest absolute Gasteiger partial charge is 0.352 e. The highest BCUT2D eigenvalue weighted by atomic mass is 16.2.